The standard InChI is InChI=1S/C10H10F2O3/c11-7-1-2-9(12)8(4-7)6(5-13)3-10(14)15/h1-2,4,6,13H,3,5H2,(H,14,15). The van der Waals surface area contributed by atoms with E-state index in [0.29, 0.717) is 0 Å². The predicted octanol–water partition coefficient (Wildman–Crippen LogP) is 1.52. The van der Waals surface area contributed by atoms with E-state index >= 15 is 0 Å². The lowest BCUT2D eigenvalue weighted by Crippen LogP contribution is -2.12. The largest absolute Gasteiger partial charge is 0.481 e. The average molecular weight is 216 g/mol. The summed E-state index contributed by atoms with van der Waals surface area (Å²) in [6.45, 7) is -0.535. The summed E-state index contributed by atoms with van der Waals surface area (Å²) in [5.74, 6) is -3.46. The van der Waals surface area contributed by atoms with Crippen molar-refractivity contribution in [2.24, 2.45) is 0 Å². The van der Waals surface area contributed by atoms with Crippen molar-refractivity contribution in [1.82, 2.24) is 0 Å². The van der Waals surface area contributed by atoms with E-state index in [1.54, 1.807) is 0 Å². The summed E-state index contributed by atoms with van der Waals surface area (Å²) < 4.78 is 26.0. The topological polar surface area (TPSA) is 57.5 Å². The first-order valence-corrected chi connectivity index (χ1v) is 4.32. The molecule has 0 saturated heterocycles. The van der Waals surface area contributed by atoms with Gasteiger partial charge in [-0.25, -0.2) is 8.78 Å². The third-order valence-electron chi connectivity index (χ3n) is 2.04. The van der Waals surface area contributed by atoms with Crippen LogP contribution in [-0.4, -0.2) is 22.8 Å². The molecular formula is C10H10F2O3. The van der Waals surface area contributed by atoms with Crippen LogP contribution in [0.25, 0.3) is 0 Å². The highest BCUT2D eigenvalue weighted by Crippen LogP contribution is 2.23. The second-order valence-electron chi connectivity index (χ2n) is 3.14. The summed E-state index contributed by atoms with van der Waals surface area (Å²) in [6, 6.07) is 2.75. The quantitative estimate of drug-likeness (QED) is 0.802. The van der Waals surface area contributed by atoms with Gasteiger partial charge in [-0.05, 0) is 23.8 Å². The SMILES string of the molecule is O=C(O)CC(CO)c1cc(F)ccc1F. The lowest BCUT2D eigenvalue weighted by molar-refractivity contribution is -0.137. The van der Waals surface area contributed by atoms with Crippen LogP contribution in [0.15, 0.2) is 18.2 Å². The van der Waals surface area contributed by atoms with E-state index in [1.807, 2.05) is 0 Å². The van der Waals surface area contributed by atoms with Gasteiger partial charge >= 0.3 is 5.97 Å². The Morgan fingerprint density at radius 1 is 1.40 bits per heavy atom. The fraction of sp³-hybridized carbons (Fsp3) is 0.300. The minimum absolute atomic E-state index is 0.111. The van der Waals surface area contributed by atoms with Gasteiger partial charge in [-0.3, -0.25) is 4.79 Å². The third kappa shape index (κ3) is 2.99. The van der Waals surface area contributed by atoms with Gasteiger partial charge in [-0.15, -0.1) is 0 Å². The lowest BCUT2D eigenvalue weighted by Gasteiger charge is -2.12. The Morgan fingerprint density at radius 2 is 2.07 bits per heavy atom. The number of carboxylic acid groups (broad SMARTS) is 1. The Kier molecular flexibility index (Phi) is 3.74. The van der Waals surface area contributed by atoms with Crippen molar-refractivity contribution in [2.45, 2.75) is 12.3 Å². The maximum absolute atomic E-state index is 13.2. The predicted molar refractivity (Wildman–Crippen MR) is 48.4 cm³/mol. The fourth-order valence-corrected chi connectivity index (χ4v) is 1.31. The summed E-state index contributed by atoms with van der Waals surface area (Å²) >= 11 is 0. The molecule has 0 aliphatic rings. The first-order chi connectivity index (χ1) is 7.04. The summed E-state index contributed by atoms with van der Waals surface area (Å²) in [5.41, 5.74) is -0.111. The summed E-state index contributed by atoms with van der Waals surface area (Å²) in [5, 5.41) is 17.4. The van der Waals surface area contributed by atoms with Gasteiger partial charge in [0.1, 0.15) is 11.6 Å². The van der Waals surface area contributed by atoms with Crippen molar-refractivity contribution in [3.05, 3.63) is 35.4 Å². The molecule has 15 heavy (non-hydrogen) atoms. The number of aliphatic hydroxyl groups is 1. The summed E-state index contributed by atoms with van der Waals surface area (Å²) in [7, 11) is 0. The van der Waals surface area contributed by atoms with Gasteiger partial charge in [-0.2, -0.15) is 0 Å². The van der Waals surface area contributed by atoms with Crippen molar-refractivity contribution in [2.75, 3.05) is 6.61 Å². The molecule has 0 aliphatic carbocycles. The van der Waals surface area contributed by atoms with Crippen molar-refractivity contribution in [3.63, 3.8) is 0 Å². The normalized spacial score (nSPS) is 12.5. The molecule has 1 unspecified atom stereocenters. The van der Waals surface area contributed by atoms with Gasteiger partial charge in [0.15, 0.2) is 0 Å². The number of carbonyl (C=O) groups is 1. The van der Waals surface area contributed by atoms with E-state index in [0.717, 1.165) is 18.2 Å². The van der Waals surface area contributed by atoms with Crippen LogP contribution < -0.4 is 0 Å². The van der Waals surface area contributed by atoms with Crippen LogP contribution >= 0.6 is 0 Å². The second-order valence-corrected chi connectivity index (χ2v) is 3.14. The molecule has 0 spiro atoms. The molecule has 2 N–H and O–H groups in total. The summed E-state index contributed by atoms with van der Waals surface area (Å²) in [4.78, 5) is 10.4. The van der Waals surface area contributed by atoms with E-state index in [4.69, 9.17) is 10.2 Å². The van der Waals surface area contributed by atoms with Gasteiger partial charge < -0.3 is 10.2 Å². The Balaban J connectivity index is 3.00. The zero-order valence-corrected chi connectivity index (χ0v) is 7.78. The molecule has 0 heterocycles. The highest BCUT2D eigenvalue weighted by Gasteiger charge is 2.18. The van der Waals surface area contributed by atoms with Crippen molar-refractivity contribution < 1.29 is 23.8 Å². The number of aliphatic hydroxyl groups excluding tert-OH is 1. The molecule has 82 valence electrons. The van der Waals surface area contributed by atoms with Crippen LogP contribution in [0, 0.1) is 11.6 Å². The van der Waals surface area contributed by atoms with Crippen LogP contribution in [-0.2, 0) is 4.79 Å². The number of halogens is 2. The smallest absolute Gasteiger partial charge is 0.304 e. The minimum atomic E-state index is -1.17. The van der Waals surface area contributed by atoms with Crippen LogP contribution in [0.3, 0.4) is 0 Å². The van der Waals surface area contributed by atoms with Crippen LogP contribution in [0.2, 0.25) is 0 Å². The van der Waals surface area contributed by atoms with Crippen LogP contribution in [0.5, 0.6) is 0 Å². The minimum Gasteiger partial charge on any atom is -0.481 e. The van der Waals surface area contributed by atoms with Crippen LogP contribution in [0.1, 0.15) is 17.9 Å². The number of hydrogen-bond donors (Lipinski definition) is 2. The maximum Gasteiger partial charge on any atom is 0.304 e. The Hall–Kier alpha value is -1.49. The molecule has 1 aromatic carbocycles. The molecule has 0 amide bonds. The zero-order chi connectivity index (χ0) is 11.4. The van der Waals surface area contributed by atoms with E-state index < -0.39 is 36.5 Å². The highest BCUT2D eigenvalue weighted by atomic mass is 19.1. The number of benzene rings is 1. The molecule has 0 fully saturated rings. The van der Waals surface area contributed by atoms with E-state index in [9.17, 15) is 13.6 Å². The monoisotopic (exact) mass is 216 g/mol. The van der Waals surface area contributed by atoms with E-state index in [2.05, 4.69) is 0 Å². The van der Waals surface area contributed by atoms with Crippen molar-refractivity contribution in [1.29, 1.82) is 0 Å². The van der Waals surface area contributed by atoms with Gasteiger partial charge in [-0.1, -0.05) is 0 Å². The number of aliphatic carboxylic acids is 1. The molecule has 5 heteroatoms. The molecule has 0 bridgehead atoms. The molecule has 0 aromatic heterocycles. The average Bonchev–Trinajstić information content (AvgIpc) is 2.18. The van der Waals surface area contributed by atoms with Gasteiger partial charge in [0.05, 0.1) is 13.0 Å². The Morgan fingerprint density at radius 3 is 2.60 bits per heavy atom. The van der Waals surface area contributed by atoms with Gasteiger partial charge in [0, 0.05) is 5.92 Å². The summed E-state index contributed by atoms with van der Waals surface area (Å²) in [6.07, 6.45) is -0.434. The van der Waals surface area contributed by atoms with E-state index in [1.165, 1.54) is 0 Å². The molecule has 3 nitrogen and oxygen atoms in total. The van der Waals surface area contributed by atoms with Gasteiger partial charge in [0.2, 0.25) is 0 Å². The van der Waals surface area contributed by atoms with Crippen LogP contribution in [0.4, 0.5) is 8.78 Å². The molecular weight excluding hydrogens is 206 g/mol. The maximum atomic E-state index is 13.2. The Labute approximate surface area is 85.0 Å². The second kappa shape index (κ2) is 4.84. The zero-order valence-electron chi connectivity index (χ0n) is 7.78. The number of carboxylic acids is 1. The third-order valence-corrected chi connectivity index (χ3v) is 2.04. The molecule has 1 aromatic rings. The van der Waals surface area contributed by atoms with E-state index in [-0.39, 0.29) is 5.56 Å². The number of rotatable bonds is 4. The first-order valence-electron chi connectivity index (χ1n) is 4.32. The Bertz CT molecular complexity index is 366. The van der Waals surface area contributed by atoms with Crippen molar-refractivity contribution in [3.8, 4) is 0 Å². The first kappa shape index (κ1) is 11.6. The van der Waals surface area contributed by atoms with Crippen molar-refractivity contribution >= 4 is 5.97 Å². The molecule has 0 saturated carbocycles. The molecule has 0 radical (unpaired) electrons. The lowest BCUT2D eigenvalue weighted by atomic mass is 9.96. The molecule has 0 aliphatic heterocycles. The van der Waals surface area contributed by atoms with Gasteiger partial charge in [0.25, 0.3) is 0 Å². The molecule has 1 rings (SSSR count). The number of hydrogen-bond acceptors (Lipinski definition) is 2. The highest BCUT2D eigenvalue weighted by molar-refractivity contribution is 5.68. The molecule has 1 atom stereocenters. The fourth-order valence-electron chi connectivity index (χ4n) is 1.31.